The van der Waals surface area contributed by atoms with Crippen LogP contribution < -0.4 is 4.90 Å². The first kappa shape index (κ1) is 20.1. The van der Waals surface area contributed by atoms with E-state index >= 15 is 0 Å². The third kappa shape index (κ3) is 3.23. The lowest BCUT2D eigenvalue weighted by Gasteiger charge is -2.36. The van der Waals surface area contributed by atoms with Crippen molar-refractivity contribution in [1.82, 2.24) is 14.5 Å². The molecular formula is C21H18F6N4. The monoisotopic (exact) mass is 440 g/mol. The van der Waals surface area contributed by atoms with Crippen LogP contribution >= 0.6 is 0 Å². The van der Waals surface area contributed by atoms with Crippen molar-refractivity contribution in [2.45, 2.75) is 43.7 Å². The number of imidazole rings is 1. The van der Waals surface area contributed by atoms with Gasteiger partial charge in [0.2, 0.25) is 0 Å². The third-order valence-electron chi connectivity index (χ3n) is 6.37. The fourth-order valence-corrected chi connectivity index (χ4v) is 5.04. The normalized spacial score (nSPS) is 23.8. The van der Waals surface area contributed by atoms with Crippen LogP contribution in [0.2, 0.25) is 0 Å². The Bertz CT molecular complexity index is 1120. The fraction of sp³-hybridized carbons (Fsp3) is 0.429. The Morgan fingerprint density at radius 3 is 2.35 bits per heavy atom. The maximum atomic E-state index is 13.4. The second-order valence-electron chi connectivity index (χ2n) is 8.19. The molecule has 2 fully saturated rings. The van der Waals surface area contributed by atoms with Crippen LogP contribution in [-0.2, 0) is 19.4 Å². The van der Waals surface area contributed by atoms with E-state index in [1.54, 1.807) is 4.90 Å². The molecule has 0 amide bonds. The molecule has 0 N–H and O–H groups in total. The van der Waals surface area contributed by atoms with Crippen molar-refractivity contribution in [3.63, 3.8) is 0 Å². The van der Waals surface area contributed by atoms with E-state index < -0.39 is 29.7 Å². The molecule has 10 heteroatoms. The summed E-state index contributed by atoms with van der Waals surface area (Å²) in [7, 11) is 1.82. The number of benzene rings is 1. The predicted octanol–water partition coefficient (Wildman–Crippen LogP) is 5.74. The van der Waals surface area contributed by atoms with Crippen LogP contribution in [0.5, 0.6) is 0 Å². The van der Waals surface area contributed by atoms with Gasteiger partial charge in [0.05, 0.1) is 22.6 Å². The van der Waals surface area contributed by atoms with Crippen LogP contribution in [0.3, 0.4) is 0 Å². The molecule has 3 heterocycles. The average molecular weight is 440 g/mol. The van der Waals surface area contributed by atoms with Crippen molar-refractivity contribution in [2.75, 3.05) is 4.90 Å². The molecule has 3 aromatic rings. The summed E-state index contributed by atoms with van der Waals surface area (Å²) in [5.41, 5.74) is -1.30. The number of aromatic nitrogens is 3. The molecule has 0 unspecified atom stereocenters. The van der Waals surface area contributed by atoms with E-state index in [9.17, 15) is 26.3 Å². The number of nitrogens with zero attached hydrogens (tertiary/aromatic N) is 4. The first-order valence-corrected chi connectivity index (χ1v) is 9.90. The second kappa shape index (κ2) is 6.61. The molecule has 5 rings (SSSR count). The van der Waals surface area contributed by atoms with Crippen molar-refractivity contribution < 1.29 is 26.3 Å². The quantitative estimate of drug-likeness (QED) is 0.477. The Labute approximate surface area is 173 Å². The van der Waals surface area contributed by atoms with Gasteiger partial charge in [0, 0.05) is 13.1 Å². The molecule has 2 aliphatic rings. The molecule has 0 spiro atoms. The zero-order chi connectivity index (χ0) is 22.1. The molecule has 4 nitrogen and oxygen atoms in total. The molecule has 1 saturated heterocycles. The second-order valence-corrected chi connectivity index (χ2v) is 8.19. The lowest BCUT2D eigenvalue weighted by Crippen LogP contribution is -2.37. The highest BCUT2D eigenvalue weighted by molar-refractivity contribution is 5.76. The summed E-state index contributed by atoms with van der Waals surface area (Å²) in [6, 6.07) is 7.60. The number of rotatable bonds is 2. The van der Waals surface area contributed by atoms with Gasteiger partial charge in [-0.25, -0.2) is 9.97 Å². The molecule has 164 valence electrons. The van der Waals surface area contributed by atoms with Gasteiger partial charge < -0.3 is 9.47 Å². The summed E-state index contributed by atoms with van der Waals surface area (Å²) in [5, 5.41) is 0. The number of fused-ring (bicyclic) bond motifs is 3. The van der Waals surface area contributed by atoms with Crippen LogP contribution in [-0.4, -0.2) is 20.6 Å². The highest BCUT2D eigenvalue weighted by Gasteiger charge is 2.50. The molecule has 1 saturated carbocycles. The highest BCUT2D eigenvalue weighted by atomic mass is 19.4. The van der Waals surface area contributed by atoms with E-state index in [2.05, 4.69) is 9.97 Å². The molecule has 1 aliphatic carbocycles. The number of hydrogen-bond donors (Lipinski definition) is 0. The van der Waals surface area contributed by atoms with E-state index in [0.717, 1.165) is 23.5 Å². The van der Waals surface area contributed by atoms with Crippen molar-refractivity contribution in [3.8, 4) is 0 Å². The Kier molecular flexibility index (Phi) is 4.29. The largest absolute Gasteiger partial charge is 0.433 e. The number of para-hydroxylation sites is 2. The zero-order valence-electron chi connectivity index (χ0n) is 16.4. The SMILES string of the molecule is Cn1c([C@@H]2[C@H]3CC[C@H](C3)N2c2cc(C(F)(F)F)cc(C(F)(F)F)n2)nc2ccccc21. The lowest BCUT2D eigenvalue weighted by molar-refractivity contribution is -0.145. The number of halogens is 6. The minimum absolute atomic E-state index is 0.0713. The summed E-state index contributed by atoms with van der Waals surface area (Å²) >= 11 is 0. The molecular weight excluding hydrogens is 422 g/mol. The fourth-order valence-electron chi connectivity index (χ4n) is 5.04. The molecule has 2 aromatic heterocycles. The Morgan fingerprint density at radius 2 is 1.68 bits per heavy atom. The molecule has 2 bridgehead atoms. The average Bonchev–Trinajstić information content (AvgIpc) is 3.39. The summed E-state index contributed by atoms with van der Waals surface area (Å²) in [5.74, 6) is 0.416. The molecule has 3 atom stereocenters. The smallest absolute Gasteiger partial charge is 0.343 e. The van der Waals surface area contributed by atoms with Gasteiger partial charge in [-0.2, -0.15) is 26.3 Å². The zero-order valence-corrected chi connectivity index (χ0v) is 16.4. The van der Waals surface area contributed by atoms with E-state index in [1.165, 1.54) is 0 Å². The van der Waals surface area contributed by atoms with E-state index in [0.29, 0.717) is 18.7 Å². The van der Waals surface area contributed by atoms with Crippen molar-refractivity contribution in [1.29, 1.82) is 0 Å². The van der Waals surface area contributed by atoms with Gasteiger partial charge in [-0.05, 0) is 49.4 Å². The standard InChI is InChI=1S/C21H18F6N4/c1-30-15-5-3-2-4-14(15)28-19(30)18-11-6-7-13(8-11)31(18)17-10-12(20(22,23)24)9-16(29-17)21(25,26)27/h2-5,9-11,13,18H,6-8H2,1H3/t11-,13+,18-/m0/s1. The van der Waals surface area contributed by atoms with E-state index in [4.69, 9.17) is 0 Å². The van der Waals surface area contributed by atoms with Crippen LogP contribution in [0, 0.1) is 5.92 Å². The van der Waals surface area contributed by atoms with Gasteiger partial charge in [0.15, 0.2) is 0 Å². The molecule has 0 radical (unpaired) electrons. The number of piperidine rings is 1. The summed E-state index contributed by atoms with van der Waals surface area (Å²) in [6.45, 7) is 0. The predicted molar refractivity (Wildman–Crippen MR) is 101 cm³/mol. The number of pyridine rings is 1. The maximum absolute atomic E-state index is 13.4. The van der Waals surface area contributed by atoms with Gasteiger partial charge in [0.1, 0.15) is 17.3 Å². The van der Waals surface area contributed by atoms with Crippen LogP contribution in [0.4, 0.5) is 32.2 Å². The van der Waals surface area contributed by atoms with Gasteiger partial charge in [-0.1, -0.05) is 12.1 Å². The minimum atomic E-state index is -4.98. The maximum Gasteiger partial charge on any atom is 0.433 e. The van der Waals surface area contributed by atoms with Crippen LogP contribution in [0.1, 0.15) is 42.4 Å². The van der Waals surface area contributed by atoms with E-state index in [1.807, 2.05) is 35.9 Å². The van der Waals surface area contributed by atoms with Gasteiger partial charge >= 0.3 is 12.4 Å². The van der Waals surface area contributed by atoms with E-state index in [-0.39, 0.29) is 23.8 Å². The first-order chi connectivity index (χ1) is 14.5. The topological polar surface area (TPSA) is 34.0 Å². The number of anilines is 1. The number of alkyl halides is 6. The Hall–Kier alpha value is -2.78. The first-order valence-electron chi connectivity index (χ1n) is 9.90. The lowest BCUT2D eigenvalue weighted by atomic mass is 9.97. The minimum Gasteiger partial charge on any atom is -0.343 e. The molecule has 31 heavy (non-hydrogen) atoms. The van der Waals surface area contributed by atoms with Gasteiger partial charge in [-0.15, -0.1) is 0 Å². The summed E-state index contributed by atoms with van der Waals surface area (Å²) in [6.07, 6.45) is -7.66. The highest BCUT2D eigenvalue weighted by Crippen LogP contribution is 2.52. The summed E-state index contributed by atoms with van der Waals surface area (Å²) < 4.78 is 82.2. The van der Waals surface area contributed by atoms with Crippen molar-refractivity contribution >= 4 is 16.9 Å². The number of aryl methyl sites for hydroxylation is 1. The molecule has 1 aliphatic heterocycles. The number of hydrogen-bond acceptors (Lipinski definition) is 3. The third-order valence-corrected chi connectivity index (χ3v) is 6.37. The summed E-state index contributed by atoms with van der Waals surface area (Å²) in [4.78, 5) is 9.95. The Morgan fingerprint density at radius 1 is 0.935 bits per heavy atom. The van der Waals surface area contributed by atoms with Crippen LogP contribution in [0.25, 0.3) is 11.0 Å². The van der Waals surface area contributed by atoms with Gasteiger partial charge in [0.25, 0.3) is 0 Å². The Balaban J connectivity index is 1.67. The van der Waals surface area contributed by atoms with Crippen LogP contribution in [0.15, 0.2) is 36.4 Å². The molecule has 1 aromatic carbocycles. The van der Waals surface area contributed by atoms with Crippen molar-refractivity contribution in [2.24, 2.45) is 13.0 Å². The van der Waals surface area contributed by atoms with Crippen molar-refractivity contribution in [3.05, 3.63) is 53.5 Å². The van der Waals surface area contributed by atoms with Gasteiger partial charge in [-0.3, -0.25) is 0 Å².